The number of nitrogens with zero attached hydrogens (tertiary/aromatic N) is 4. The first-order valence-corrected chi connectivity index (χ1v) is 9.62. The van der Waals surface area contributed by atoms with E-state index in [0.29, 0.717) is 23.1 Å². The van der Waals surface area contributed by atoms with Gasteiger partial charge in [-0.3, -0.25) is 9.89 Å². The highest BCUT2D eigenvalue weighted by atomic mass is 35.5. The fourth-order valence-electron chi connectivity index (χ4n) is 2.70. The SMILES string of the molecule is CC(=O)Nc1cc(-c2nc(Cc3ccc(Cl)cc3)c(-c3ncn[nH]3)s2)ccn1. The predicted molar refractivity (Wildman–Crippen MR) is 109 cm³/mol. The smallest absolute Gasteiger partial charge is 0.222 e. The highest BCUT2D eigenvalue weighted by Crippen LogP contribution is 2.35. The van der Waals surface area contributed by atoms with Crippen molar-refractivity contribution in [3.63, 3.8) is 0 Å². The van der Waals surface area contributed by atoms with E-state index in [0.717, 1.165) is 26.7 Å². The van der Waals surface area contributed by atoms with Crippen molar-refractivity contribution in [1.29, 1.82) is 0 Å². The quantitative estimate of drug-likeness (QED) is 0.514. The maximum atomic E-state index is 11.3. The Morgan fingerprint density at radius 3 is 2.75 bits per heavy atom. The van der Waals surface area contributed by atoms with Crippen LogP contribution in [0.15, 0.2) is 48.9 Å². The molecule has 28 heavy (non-hydrogen) atoms. The van der Waals surface area contributed by atoms with Gasteiger partial charge in [0.05, 0.1) is 10.6 Å². The second-order valence-corrected chi connectivity index (χ2v) is 7.48. The first kappa shape index (κ1) is 18.3. The molecule has 4 rings (SSSR count). The number of pyridine rings is 1. The van der Waals surface area contributed by atoms with Gasteiger partial charge in [-0.05, 0) is 29.8 Å². The lowest BCUT2D eigenvalue weighted by Gasteiger charge is -2.02. The van der Waals surface area contributed by atoms with Crippen LogP contribution in [0.2, 0.25) is 5.02 Å². The zero-order valence-electron chi connectivity index (χ0n) is 14.8. The van der Waals surface area contributed by atoms with E-state index in [9.17, 15) is 4.79 Å². The number of carbonyl (C=O) groups excluding carboxylic acids is 1. The summed E-state index contributed by atoms with van der Waals surface area (Å²) in [4.78, 5) is 25.5. The summed E-state index contributed by atoms with van der Waals surface area (Å²) in [5, 5.41) is 11.1. The van der Waals surface area contributed by atoms with E-state index in [1.54, 1.807) is 12.3 Å². The summed E-state index contributed by atoms with van der Waals surface area (Å²) in [6.07, 6.45) is 3.75. The van der Waals surface area contributed by atoms with Crippen molar-refractivity contribution < 1.29 is 4.79 Å². The molecule has 0 aliphatic carbocycles. The van der Waals surface area contributed by atoms with Gasteiger partial charge in [-0.25, -0.2) is 15.0 Å². The minimum Gasteiger partial charge on any atom is -0.311 e. The molecule has 0 aliphatic heterocycles. The van der Waals surface area contributed by atoms with Gasteiger partial charge in [-0.2, -0.15) is 5.10 Å². The summed E-state index contributed by atoms with van der Waals surface area (Å²) in [6, 6.07) is 11.3. The van der Waals surface area contributed by atoms with Crippen LogP contribution in [0, 0.1) is 0 Å². The molecule has 0 fully saturated rings. The van der Waals surface area contributed by atoms with Crippen molar-refractivity contribution in [2.75, 3.05) is 5.32 Å². The number of nitrogens with one attached hydrogen (secondary N) is 2. The number of aromatic nitrogens is 5. The van der Waals surface area contributed by atoms with Crippen molar-refractivity contribution in [2.24, 2.45) is 0 Å². The number of H-pyrrole nitrogens is 1. The molecule has 2 N–H and O–H groups in total. The van der Waals surface area contributed by atoms with E-state index in [1.165, 1.54) is 24.6 Å². The van der Waals surface area contributed by atoms with Crippen LogP contribution in [-0.2, 0) is 11.2 Å². The van der Waals surface area contributed by atoms with Gasteiger partial charge in [-0.1, -0.05) is 23.7 Å². The Kier molecular flexibility index (Phi) is 5.14. The zero-order valence-corrected chi connectivity index (χ0v) is 16.4. The number of hydrogen-bond acceptors (Lipinski definition) is 6. The summed E-state index contributed by atoms with van der Waals surface area (Å²) >= 11 is 7.50. The molecule has 4 aromatic rings. The molecular formula is C19H15ClN6OS. The molecular weight excluding hydrogens is 396 g/mol. The van der Waals surface area contributed by atoms with E-state index in [2.05, 4.69) is 25.5 Å². The maximum Gasteiger partial charge on any atom is 0.222 e. The van der Waals surface area contributed by atoms with Crippen molar-refractivity contribution in [1.82, 2.24) is 25.1 Å². The summed E-state index contributed by atoms with van der Waals surface area (Å²) < 4.78 is 0. The molecule has 0 unspecified atom stereocenters. The van der Waals surface area contributed by atoms with Gasteiger partial charge in [0.1, 0.15) is 17.2 Å². The second-order valence-electron chi connectivity index (χ2n) is 6.04. The fourth-order valence-corrected chi connectivity index (χ4v) is 3.85. The first-order valence-electron chi connectivity index (χ1n) is 8.42. The van der Waals surface area contributed by atoms with Crippen molar-refractivity contribution in [3.8, 4) is 21.3 Å². The monoisotopic (exact) mass is 410 g/mol. The molecule has 1 amide bonds. The first-order chi connectivity index (χ1) is 13.6. The summed E-state index contributed by atoms with van der Waals surface area (Å²) in [5.74, 6) is 0.985. The lowest BCUT2D eigenvalue weighted by Crippen LogP contribution is -2.07. The number of rotatable bonds is 5. The van der Waals surface area contributed by atoms with E-state index in [1.807, 2.05) is 30.3 Å². The highest BCUT2D eigenvalue weighted by molar-refractivity contribution is 7.18. The van der Waals surface area contributed by atoms with Crippen LogP contribution in [0.5, 0.6) is 0 Å². The minimum absolute atomic E-state index is 0.172. The molecule has 0 saturated carbocycles. The van der Waals surface area contributed by atoms with Crippen LogP contribution < -0.4 is 5.32 Å². The van der Waals surface area contributed by atoms with Gasteiger partial charge in [0.25, 0.3) is 0 Å². The average molecular weight is 411 g/mol. The van der Waals surface area contributed by atoms with Crippen LogP contribution >= 0.6 is 22.9 Å². The molecule has 3 aromatic heterocycles. The van der Waals surface area contributed by atoms with Gasteiger partial charge in [0.15, 0.2) is 5.82 Å². The standard InChI is InChI=1S/C19H15ClN6OS/c1-11(27)24-16-9-13(6-7-21-16)19-25-15(8-12-2-4-14(20)5-3-12)17(28-19)18-22-10-23-26-18/h2-7,9-10H,8H2,1H3,(H,21,24,27)(H,22,23,26). The van der Waals surface area contributed by atoms with Crippen molar-refractivity contribution >= 4 is 34.7 Å². The van der Waals surface area contributed by atoms with Crippen LogP contribution in [0.3, 0.4) is 0 Å². The Balaban J connectivity index is 1.73. The lowest BCUT2D eigenvalue weighted by atomic mass is 10.1. The number of thiazole rings is 1. The molecule has 0 aliphatic rings. The number of anilines is 1. The number of hydrogen-bond donors (Lipinski definition) is 2. The Bertz CT molecular complexity index is 1110. The largest absolute Gasteiger partial charge is 0.311 e. The number of amides is 1. The van der Waals surface area contributed by atoms with Gasteiger partial charge >= 0.3 is 0 Å². The van der Waals surface area contributed by atoms with Crippen LogP contribution in [0.4, 0.5) is 5.82 Å². The van der Waals surface area contributed by atoms with E-state index in [4.69, 9.17) is 16.6 Å². The molecule has 0 spiro atoms. The van der Waals surface area contributed by atoms with Crippen molar-refractivity contribution in [3.05, 3.63) is 65.2 Å². The van der Waals surface area contributed by atoms with Gasteiger partial charge < -0.3 is 5.32 Å². The maximum absolute atomic E-state index is 11.3. The Morgan fingerprint density at radius 2 is 2.04 bits per heavy atom. The Morgan fingerprint density at radius 1 is 1.21 bits per heavy atom. The molecule has 0 saturated heterocycles. The molecule has 9 heteroatoms. The topological polar surface area (TPSA) is 96.5 Å². The summed E-state index contributed by atoms with van der Waals surface area (Å²) in [5.41, 5.74) is 2.85. The Labute approximate surface area is 169 Å². The molecule has 0 radical (unpaired) electrons. The van der Waals surface area contributed by atoms with Crippen LogP contribution in [0.25, 0.3) is 21.3 Å². The highest BCUT2D eigenvalue weighted by Gasteiger charge is 2.17. The summed E-state index contributed by atoms with van der Waals surface area (Å²) in [7, 11) is 0. The number of carbonyl (C=O) groups is 1. The van der Waals surface area contributed by atoms with Gasteiger partial charge in [0, 0.05) is 30.1 Å². The van der Waals surface area contributed by atoms with Gasteiger partial charge in [-0.15, -0.1) is 11.3 Å². The van der Waals surface area contributed by atoms with Crippen molar-refractivity contribution in [2.45, 2.75) is 13.3 Å². The zero-order chi connectivity index (χ0) is 19.5. The number of benzene rings is 1. The molecule has 0 atom stereocenters. The third kappa shape index (κ3) is 4.08. The van der Waals surface area contributed by atoms with E-state index < -0.39 is 0 Å². The number of aromatic amines is 1. The third-order valence-corrected chi connectivity index (χ3v) is 5.33. The van der Waals surface area contributed by atoms with Crippen LogP contribution in [-0.4, -0.2) is 31.1 Å². The average Bonchev–Trinajstić information content (AvgIpc) is 3.33. The normalized spacial score (nSPS) is 10.8. The molecule has 0 bridgehead atoms. The van der Waals surface area contributed by atoms with Gasteiger partial charge in [0.2, 0.25) is 5.91 Å². The number of halogens is 1. The van der Waals surface area contributed by atoms with E-state index >= 15 is 0 Å². The second kappa shape index (κ2) is 7.87. The molecule has 7 nitrogen and oxygen atoms in total. The lowest BCUT2D eigenvalue weighted by molar-refractivity contribution is -0.114. The fraction of sp³-hybridized carbons (Fsp3) is 0.105. The summed E-state index contributed by atoms with van der Waals surface area (Å²) in [6.45, 7) is 1.45. The molecule has 1 aromatic carbocycles. The third-order valence-electron chi connectivity index (χ3n) is 3.92. The molecule has 3 heterocycles. The van der Waals surface area contributed by atoms with Crippen LogP contribution in [0.1, 0.15) is 18.2 Å². The minimum atomic E-state index is -0.172. The molecule has 140 valence electrons. The van der Waals surface area contributed by atoms with E-state index in [-0.39, 0.29) is 5.91 Å². The Hall–Kier alpha value is -3.10. The predicted octanol–water partition coefficient (Wildman–Crippen LogP) is 4.19.